The fourth-order valence-electron chi connectivity index (χ4n) is 2.23. The number of hydrogen-bond acceptors (Lipinski definition) is 5. The maximum Gasteiger partial charge on any atom is 0.307 e. The van der Waals surface area contributed by atoms with Crippen molar-refractivity contribution in [3.63, 3.8) is 0 Å². The Morgan fingerprint density at radius 3 is 2.87 bits per heavy atom. The van der Waals surface area contributed by atoms with Crippen molar-refractivity contribution < 1.29 is 23.9 Å². The summed E-state index contributed by atoms with van der Waals surface area (Å²) in [5.74, 6) is -0.907. The molecule has 2 amide bonds. The van der Waals surface area contributed by atoms with Crippen molar-refractivity contribution in [1.29, 1.82) is 0 Å². The van der Waals surface area contributed by atoms with Crippen LogP contribution >= 0.6 is 0 Å². The van der Waals surface area contributed by atoms with Crippen molar-refractivity contribution in [1.82, 2.24) is 5.32 Å². The molecule has 0 spiro atoms. The average molecular weight is 320 g/mol. The van der Waals surface area contributed by atoms with Crippen LogP contribution in [-0.2, 0) is 19.1 Å². The second-order valence-corrected chi connectivity index (χ2v) is 5.15. The topological polar surface area (TPSA) is 93.7 Å². The number of carbonyl (C=O) groups excluding carboxylic acids is 3. The number of rotatable bonds is 6. The largest absolute Gasteiger partial charge is 0.469 e. The summed E-state index contributed by atoms with van der Waals surface area (Å²) in [5.41, 5.74) is 0.936. The van der Waals surface area contributed by atoms with Crippen LogP contribution in [0.5, 0.6) is 0 Å². The molecule has 7 heteroatoms. The first-order chi connectivity index (χ1) is 11.1. The van der Waals surface area contributed by atoms with E-state index in [1.54, 1.807) is 24.3 Å². The van der Waals surface area contributed by atoms with Crippen molar-refractivity contribution in [3.8, 4) is 0 Å². The lowest BCUT2D eigenvalue weighted by molar-refractivity contribution is -0.140. The van der Waals surface area contributed by atoms with Gasteiger partial charge in [-0.2, -0.15) is 0 Å². The highest BCUT2D eigenvalue weighted by Gasteiger charge is 2.23. The fraction of sp³-hybridized carbons (Fsp3) is 0.438. The van der Waals surface area contributed by atoms with Crippen molar-refractivity contribution >= 4 is 23.5 Å². The molecule has 1 saturated heterocycles. The predicted molar refractivity (Wildman–Crippen MR) is 83.0 cm³/mol. The third kappa shape index (κ3) is 5.07. The number of amides is 2. The van der Waals surface area contributed by atoms with Crippen molar-refractivity contribution in [2.75, 3.05) is 25.6 Å². The molecule has 0 aromatic heterocycles. The lowest BCUT2D eigenvalue weighted by atomic mass is 10.1. The van der Waals surface area contributed by atoms with E-state index in [0.29, 0.717) is 24.3 Å². The van der Waals surface area contributed by atoms with Gasteiger partial charge in [0.25, 0.3) is 11.8 Å². The molecule has 7 nitrogen and oxygen atoms in total. The molecule has 2 rings (SSSR count). The number of esters is 1. The Hall–Kier alpha value is -2.41. The molecule has 1 atom stereocenters. The maximum atomic E-state index is 12.0. The summed E-state index contributed by atoms with van der Waals surface area (Å²) in [7, 11) is 1.30. The van der Waals surface area contributed by atoms with Crippen LogP contribution in [0.4, 0.5) is 5.69 Å². The zero-order valence-electron chi connectivity index (χ0n) is 13.0. The Balaban J connectivity index is 1.89. The number of benzene rings is 1. The van der Waals surface area contributed by atoms with E-state index < -0.39 is 6.10 Å². The first-order valence-electron chi connectivity index (χ1n) is 7.47. The normalized spacial score (nSPS) is 16.7. The van der Waals surface area contributed by atoms with Gasteiger partial charge < -0.3 is 20.1 Å². The Morgan fingerprint density at radius 2 is 2.17 bits per heavy atom. The zero-order chi connectivity index (χ0) is 16.7. The minimum absolute atomic E-state index is 0.109. The van der Waals surface area contributed by atoms with Gasteiger partial charge in [-0.25, -0.2) is 0 Å². The van der Waals surface area contributed by atoms with Gasteiger partial charge in [0.15, 0.2) is 0 Å². The summed E-state index contributed by atoms with van der Waals surface area (Å²) in [6.45, 7) is 0.790. The highest BCUT2D eigenvalue weighted by Crippen LogP contribution is 2.16. The first kappa shape index (κ1) is 17.0. The third-order valence-electron chi connectivity index (χ3n) is 3.46. The van der Waals surface area contributed by atoms with E-state index in [0.717, 1.165) is 6.42 Å². The molecular formula is C16H20N2O5. The zero-order valence-corrected chi connectivity index (χ0v) is 13.0. The average Bonchev–Trinajstić information content (AvgIpc) is 3.09. The fourth-order valence-corrected chi connectivity index (χ4v) is 2.23. The number of anilines is 1. The number of hydrogen-bond donors (Lipinski definition) is 2. The molecule has 1 aromatic rings. The van der Waals surface area contributed by atoms with Gasteiger partial charge in [0.05, 0.1) is 13.5 Å². The van der Waals surface area contributed by atoms with Gasteiger partial charge in [-0.15, -0.1) is 0 Å². The quantitative estimate of drug-likeness (QED) is 0.766. The van der Waals surface area contributed by atoms with Gasteiger partial charge in [0.1, 0.15) is 6.10 Å². The molecule has 1 aliphatic rings. The summed E-state index contributed by atoms with van der Waals surface area (Å²) in [5, 5.41) is 5.37. The minimum Gasteiger partial charge on any atom is -0.469 e. The number of methoxy groups -OCH3 is 1. The van der Waals surface area contributed by atoms with E-state index in [1.807, 2.05) is 0 Å². The van der Waals surface area contributed by atoms with Crippen molar-refractivity contribution in [3.05, 3.63) is 29.8 Å². The van der Waals surface area contributed by atoms with Crippen molar-refractivity contribution in [2.24, 2.45) is 0 Å². The van der Waals surface area contributed by atoms with Crippen LogP contribution in [0, 0.1) is 0 Å². The number of ether oxygens (including phenoxy) is 2. The summed E-state index contributed by atoms with van der Waals surface area (Å²) >= 11 is 0. The lowest BCUT2D eigenvalue weighted by Crippen LogP contribution is -2.28. The Bertz CT molecular complexity index is 582. The SMILES string of the molecule is COC(=O)CCNC(=O)c1cccc(NC(=O)C2CCCO2)c1. The van der Waals surface area contributed by atoms with E-state index in [9.17, 15) is 14.4 Å². The van der Waals surface area contributed by atoms with Crippen LogP contribution < -0.4 is 10.6 Å². The van der Waals surface area contributed by atoms with Gasteiger partial charge in [-0.3, -0.25) is 14.4 Å². The van der Waals surface area contributed by atoms with Crippen LogP contribution in [0.25, 0.3) is 0 Å². The van der Waals surface area contributed by atoms with Crippen LogP contribution in [0.15, 0.2) is 24.3 Å². The van der Waals surface area contributed by atoms with E-state index in [1.165, 1.54) is 7.11 Å². The predicted octanol–water partition coefficient (Wildman–Crippen LogP) is 1.10. The maximum absolute atomic E-state index is 12.0. The van der Waals surface area contributed by atoms with Crippen LogP contribution in [0.3, 0.4) is 0 Å². The number of carbonyl (C=O) groups is 3. The van der Waals surface area contributed by atoms with Gasteiger partial charge >= 0.3 is 5.97 Å². The lowest BCUT2D eigenvalue weighted by Gasteiger charge is -2.11. The van der Waals surface area contributed by atoms with Crippen LogP contribution in [0.2, 0.25) is 0 Å². The molecule has 2 N–H and O–H groups in total. The summed E-state index contributed by atoms with van der Waals surface area (Å²) < 4.78 is 9.82. The highest BCUT2D eigenvalue weighted by molar-refractivity contribution is 5.98. The first-order valence-corrected chi connectivity index (χ1v) is 7.47. The van der Waals surface area contributed by atoms with E-state index >= 15 is 0 Å². The molecule has 1 fully saturated rings. The Morgan fingerprint density at radius 1 is 1.35 bits per heavy atom. The smallest absolute Gasteiger partial charge is 0.307 e. The third-order valence-corrected chi connectivity index (χ3v) is 3.46. The molecule has 0 saturated carbocycles. The van der Waals surface area contributed by atoms with Crippen LogP contribution in [0.1, 0.15) is 29.6 Å². The van der Waals surface area contributed by atoms with Gasteiger partial charge in [-0.05, 0) is 31.0 Å². The van der Waals surface area contributed by atoms with E-state index in [2.05, 4.69) is 15.4 Å². The summed E-state index contributed by atoms with van der Waals surface area (Å²) in [4.78, 5) is 35.0. The van der Waals surface area contributed by atoms with Crippen LogP contribution in [-0.4, -0.2) is 44.1 Å². The molecule has 0 aliphatic carbocycles. The molecular weight excluding hydrogens is 300 g/mol. The minimum atomic E-state index is -0.424. The Kier molecular flexibility index (Phi) is 6.10. The summed E-state index contributed by atoms with van der Waals surface area (Å²) in [6.07, 6.45) is 1.27. The second kappa shape index (κ2) is 8.28. The molecule has 1 heterocycles. The molecule has 0 bridgehead atoms. The van der Waals surface area contributed by atoms with Gasteiger partial charge in [-0.1, -0.05) is 6.07 Å². The van der Waals surface area contributed by atoms with E-state index in [4.69, 9.17) is 4.74 Å². The molecule has 23 heavy (non-hydrogen) atoms. The second-order valence-electron chi connectivity index (χ2n) is 5.15. The number of nitrogens with one attached hydrogen (secondary N) is 2. The monoisotopic (exact) mass is 320 g/mol. The molecule has 124 valence electrons. The molecule has 1 aliphatic heterocycles. The Labute approximate surface area is 134 Å². The molecule has 0 radical (unpaired) electrons. The standard InChI is InChI=1S/C16H20N2O5/c1-22-14(19)7-8-17-15(20)11-4-2-5-12(10-11)18-16(21)13-6-3-9-23-13/h2,4-5,10,13H,3,6-9H2,1H3,(H,17,20)(H,18,21). The van der Waals surface area contributed by atoms with Crippen molar-refractivity contribution in [2.45, 2.75) is 25.4 Å². The summed E-state index contributed by atoms with van der Waals surface area (Å²) in [6, 6.07) is 6.61. The highest BCUT2D eigenvalue weighted by atomic mass is 16.5. The molecule has 1 aromatic carbocycles. The van der Waals surface area contributed by atoms with E-state index in [-0.39, 0.29) is 30.7 Å². The van der Waals surface area contributed by atoms with Gasteiger partial charge in [0.2, 0.25) is 0 Å². The van der Waals surface area contributed by atoms with Gasteiger partial charge in [0, 0.05) is 24.4 Å². The molecule has 1 unspecified atom stereocenters.